The van der Waals surface area contributed by atoms with Crippen LogP contribution in [-0.4, -0.2) is 19.5 Å². The monoisotopic (exact) mass is 650 g/mol. The summed E-state index contributed by atoms with van der Waals surface area (Å²) in [5.74, 6) is 1.85. The van der Waals surface area contributed by atoms with E-state index in [0.717, 1.165) is 27.7 Å². The quantitative estimate of drug-likeness (QED) is 0.186. The van der Waals surface area contributed by atoms with Crippen LogP contribution in [0.3, 0.4) is 0 Å². The zero-order valence-corrected chi connectivity index (χ0v) is 27.6. The van der Waals surface area contributed by atoms with Crippen molar-refractivity contribution in [3.05, 3.63) is 182 Å². The topological polar surface area (TPSA) is 43.6 Å². The second-order valence-electron chi connectivity index (χ2n) is 12.9. The Morgan fingerprint density at radius 3 is 1.53 bits per heavy atom. The van der Waals surface area contributed by atoms with Gasteiger partial charge in [-0.3, -0.25) is 4.57 Å². The first-order valence-electron chi connectivity index (χ1n) is 17.2. The van der Waals surface area contributed by atoms with Crippen molar-refractivity contribution in [3.63, 3.8) is 0 Å². The molecule has 0 amide bonds. The van der Waals surface area contributed by atoms with E-state index in [1.54, 1.807) is 0 Å². The molecule has 0 aliphatic rings. The molecule has 238 valence electrons. The maximum atomic E-state index is 5.14. The Labute approximate surface area is 295 Å². The molecule has 8 aromatic carbocycles. The Hall–Kier alpha value is -6.91. The molecule has 4 heteroatoms. The van der Waals surface area contributed by atoms with Crippen molar-refractivity contribution >= 4 is 43.4 Å². The van der Waals surface area contributed by atoms with Crippen molar-refractivity contribution in [2.24, 2.45) is 0 Å². The van der Waals surface area contributed by atoms with Crippen LogP contribution in [-0.2, 0) is 0 Å². The van der Waals surface area contributed by atoms with E-state index in [1.165, 1.54) is 49.0 Å². The number of hydrogen-bond acceptors (Lipinski definition) is 3. The minimum Gasteiger partial charge on any atom is -0.278 e. The van der Waals surface area contributed by atoms with Gasteiger partial charge >= 0.3 is 0 Å². The largest absolute Gasteiger partial charge is 0.278 e. The van der Waals surface area contributed by atoms with Crippen molar-refractivity contribution < 1.29 is 0 Å². The van der Waals surface area contributed by atoms with E-state index in [-0.39, 0.29) is 0 Å². The molecule has 4 nitrogen and oxygen atoms in total. The molecular formula is C47H30N4. The summed E-state index contributed by atoms with van der Waals surface area (Å²) >= 11 is 0. The summed E-state index contributed by atoms with van der Waals surface area (Å²) in [5.41, 5.74) is 8.74. The maximum Gasteiger partial charge on any atom is 0.238 e. The Balaban J connectivity index is 1.12. The molecule has 0 saturated heterocycles. The molecule has 10 rings (SSSR count). The number of para-hydroxylation sites is 2. The standard InChI is InChI=1S/C47H30N4/c1-2-13-34(14-3-1)45-48-46(50-47(49-45)51-42-22-8-6-18-40(42)41-19-7-9-23-43(41)51)35-27-25-32(26-28-35)38-20-10-16-33-17-11-21-39(44(33)38)37-29-24-31-12-4-5-15-36(31)30-37/h1-30H. The number of aromatic nitrogens is 4. The van der Waals surface area contributed by atoms with Crippen molar-refractivity contribution in [1.82, 2.24) is 19.5 Å². The number of nitrogens with zero attached hydrogens (tertiary/aromatic N) is 4. The van der Waals surface area contributed by atoms with E-state index in [1.807, 2.05) is 30.3 Å². The third kappa shape index (κ3) is 4.96. The molecule has 0 aliphatic carbocycles. The van der Waals surface area contributed by atoms with E-state index < -0.39 is 0 Å². The Morgan fingerprint density at radius 2 is 0.843 bits per heavy atom. The molecule has 2 aromatic heterocycles. The van der Waals surface area contributed by atoms with Crippen LogP contribution in [0.15, 0.2) is 182 Å². The van der Waals surface area contributed by atoms with Gasteiger partial charge in [0.15, 0.2) is 11.6 Å². The minimum absolute atomic E-state index is 0.592. The Kier molecular flexibility index (Phi) is 6.78. The lowest BCUT2D eigenvalue weighted by atomic mass is 9.90. The van der Waals surface area contributed by atoms with Crippen LogP contribution >= 0.6 is 0 Å². The number of hydrogen-bond donors (Lipinski definition) is 0. The second-order valence-corrected chi connectivity index (χ2v) is 12.9. The average Bonchev–Trinajstić information content (AvgIpc) is 3.55. The van der Waals surface area contributed by atoms with Gasteiger partial charge in [-0.25, -0.2) is 4.98 Å². The fourth-order valence-electron chi connectivity index (χ4n) is 7.43. The second kappa shape index (κ2) is 11.9. The van der Waals surface area contributed by atoms with Gasteiger partial charge in [-0.1, -0.05) is 164 Å². The van der Waals surface area contributed by atoms with E-state index in [4.69, 9.17) is 15.0 Å². The molecule has 10 aromatic rings. The summed E-state index contributed by atoms with van der Waals surface area (Å²) < 4.78 is 2.15. The summed E-state index contributed by atoms with van der Waals surface area (Å²) in [7, 11) is 0. The van der Waals surface area contributed by atoms with Crippen LogP contribution in [0.2, 0.25) is 0 Å². The van der Waals surface area contributed by atoms with Gasteiger partial charge in [0.05, 0.1) is 11.0 Å². The summed E-state index contributed by atoms with van der Waals surface area (Å²) in [4.78, 5) is 15.3. The molecule has 0 aliphatic heterocycles. The van der Waals surface area contributed by atoms with Gasteiger partial charge in [-0.2, -0.15) is 9.97 Å². The van der Waals surface area contributed by atoms with Crippen LogP contribution < -0.4 is 0 Å². The third-order valence-electron chi connectivity index (χ3n) is 9.85. The maximum absolute atomic E-state index is 5.14. The lowest BCUT2D eigenvalue weighted by molar-refractivity contribution is 0.953. The highest BCUT2D eigenvalue weighted by molar-refractivity contribution is 6.09. The summed E-state index contributed by atoms with van der Waals surface area (Å²) in [5, 5.41) is 7.26. The Morgan fingerprint density at radius 1 is 0.333 bits per heavy atom. The summed E-state index contributed by atoms with van der Waals surface area (Å²) in [6.07, 6.45) is 0. The summed E-state index contributed by atoms with van der Waals surface area (Å²) in [6, 6.07) is 64.1. The van der Waals surface area contributed by atoms with Gasteiger partial charge in [0, 0.05) is 21.9 Å². The molecular weight excluding hydrogens is 621 g/mol. The number of benzene rings is 8. The van der Waals surface area contributed by atoms with E-state index in [9.17, 15) is 0 Å². The van der Waals surface area contributed by atoms with Crippen LogP contribution in [0, 0.1) is 0 Å². The highest BCUT2D eigenvalue weighted by Gasteiger charge is 2.18. The molecule has 0 fully saturated rings. The molecule has 51 heavy (non-hydrogen) atoms. The molecule has 0 N–H and O–H groups in total. The first kappa shape index (κ1) is 29.0. The van der Waals surface area contributed by atoms with Gasteiger partial charge < -0.3 is 0 Å². The molecule has 0 radical (unpaired) electrons. The van der Waals surface area contributed by atoms with Crippen molar-refractivity contribution in [3.8, 4) is 51.0 Å². The molecule has 0 saturated carbocycles. The van der Waals surface area contributed by atoms with E-state index >= 15 is 0 Å². The van der Waals surface area contributed by atoms with Crippen LogP contribution in [0.25, 0.3) is 94.3 Å². The van der Waals surface area contributed by atoms with Gasteiger partial charge in [-0.15, -0.1) is 0 Å². The lowest BCUT2D eigenvalue weighted by Crippen LogP contribution is -2.06. The SMILES string of the molecule is c1ccc(-c2nc(-c3ccc(-c4cccc5cccc(-c6ccc7ccccc7c6)c45)cc3)nc(-n3c4ccccc4c4ccccc43)n2)cc1. The van der Waals surface area contributed by atoms with Crippen LogP contribution in [0.4, 0.5) is 0 Å². The highest BCUT2D eigenvalue weighted by Crippen LogP contribution is 2.38. The van der Waals surface area contributed by atoms with Crippen LogP contribution in [0.5, 0.6) is 0 Å². The van der Waals surface area contributed by atoms with Gasteiger partial charge in [-0.05, 0) is 62.0 Å². The first-order valence-corrected chi connectivity index (χ1v) is 17.2. The molecule has 0 bridgehead atoms. The van der Waals surface area contributed by atoms with Gasteiger partial charge in [0.1, 0.15) is 0 Å². The van der Waals surface area contributed by atoms with Gasteiger partial charge in [0.25, 0.3) is 0 Å². The van der Waals surface area contributed by atoms with Crippen molar-refractivity contribution in [2.45, 2.75) is 0 Å². The molecule has 0 atom stereocenters. The van der Waals surface area contributed by atoms with E-state index in [2.05, 4.69) is 156 Å². The average molecular weight is 651 g/mol. The summed E-state index contributed by atoms with van der Waals surface area (Å²) in [6.45, 7) is 0. The third-order valence-corrected chi connectivity index (χ3v) is 9.85. The van der Waals surface area contributed by atoms with Crippen molar-refractivity contribution in [1.29, 1.82) is 0 Å². The number of fused-ring (bicyclic) bond motifs is 5. The normalized spacial score (nSPS) is 11.5. The zero-order chi connectivity index (χ0) is 33.7. The minimum atomic E-state index is 0.592. The predicted octanol–water partition coefficient (Wildman–Crippen LogP) is 11.9. The zero-order valence-electron chi connectivity index (χ0n) is 27.6. The predicted molar refractivity (Wildman–Crippen MR) is 211 cm³/mol. The van der Waals surface area contributed by atoms with E-state index in [0.29, 0.717) is 17.6 Å². The first-order chi connectivity index (χ1) is 25.3. The Bertz CT molecular complexity index is 2850. The molecule has 0 spiro atoms. The van der Waals surface area contributed by atoms with Crippen molar-refractivity contribution in [2.75, 3.05) is 0 Å². The fourth-order valence-corrected chi connectivity index (χ4v) is 7.43. The smallest absolute Gasteiger partial charge is 0.238 e. The number of rotatable bonds is 5. The van der Waals surface area contributed by atoms with Crippen LogP contribution in [0.1, 0.15) is 0 Å². The van der Waals surface area contributed by atoms with Gasteiger partial charge in [0.2, 0.25) is 5.95 Å². The highest BCUT2D eigenvalue weighted by atomic mass is 15.2. The lowest BCUT2D eigenvalue weighted by Gasteiger charge is -2.14. The molecule has 0 unspecified atom stereocenters. The fraction of sp³-hybridized carbons (Fsp3) is 0. The molecule has 2 heterocycles.